The maximum absolute atomic E-state index is 12.2. The summed E-state index contributed by atoms with van der Waals surface area (Å²) in [6, 6.07) is 14.2. The van der Waals surface area contributed by atoms with E-state index in [0.29, 0.717) is 23.7 Å². The molecule has 126 valence electrons. The van der Waals surface area contributed by atoms with Gasteiger partial charge in [-0.1, -0.05) is 30.3 Å². The van der Waals surface area contributed by atoms with Gasteiger partial charge in [0.05, 0.1) is 26.6 Å². The van der Waals surface area contributed by atoms with Crippen LogP contribution in [0.1, 0.15) is 18.1 Å². The first-order chi connectivity index (χ1) is 11.6. The number of methoxy groups -OCH3 is 1. The molecule has 2 aromatic carbocycles. The van der Waals surface area contributed by atoms with Crippen molar-refractivity contribution in [2.75, 3.05) is 13.7 Å². The van der Waals surface area contributed by atoms with Crippen molar-refractivity contribution in [2.24, 2.45) is 0 Å². The first-order valence-electron chi connectivity index (χ1n) is 7.69. The molecule has 0 bridgehead atoms. The molecule has 0 fully saturated rings. The van der Waals surface area contributed by atoms with Gasteiger partial charge in [-0.05, 0) is 30.7 Å². The molecule has 0 saturated heterocycles. The smallest absolute Gasteiger partial charge is 0.315 e. The quantitative estimate of drug-likeness (QED) is 0.578. The van der Waals surface area contributed by atoms with Crippen molar-refractivity contribution in [3.8, 4) is 11.5 Å². The zero-order valence-electron chi connectivity index (χ0n) is 13.8. The average Bonchev–Trinajstić information content (AvgIpc) is 2.57. The molecular formula is C19H20O5. The SMILES string of the molecule is CCOC(=O)Cc1ccccc1OC(=O)Cc1cccc(OC)c1. The van der Waals surface area contributed by atoms with Crippen LogP contribution in [0.5, 0.6) is 11.5 Å². The van der Waals surface area contributed by atoms with Gasteiger partial charge in [0.2, 0.25) is 0 Å². The van der Waals surface area contributed by atoms with Gasteiger partial charge in [0, 0.05) is 5.56 Å². The van der Waals surface area contributed by atoms with Crippen LogP contribution in [-0.2, 0) is 27.2 Å². The van der Waals surface area contributed by atoms with Crippen molar-refractivity contribution in [3.05, 3.63) is 59.7 Å². The summed E-state index contributed by atoms with van der Waals surface area (Å²) < 4.78 is 15.5. The number of rotatable bonds is 7. The standard InChI is InChI=1S/C19H20O5/c1-3-23-18(20)13-15-8-4-5-10-17(15)24-19(21)12-14-7-6-9-16(11-14)22-2/h4-11H,3,12-13H2,1-2H3. The second-order valence-electron chi connectivity index (χ2n) is 5.09. The minimum absolute atomic E-state index is 0.0659. The summed E-state index contributed by atoms with van der Waals surface area (Å²) in [6.07, 6.45) is 0.182. The van der Waals surface area contributed by atoms with E-state index in [1.165, 1.54) is 0 Å². The first kappa shape index (κ1) is 17.5. The van der Waals surface area contributed by atoms with Crippen molar-refractivity contribution >= 4 is 11.9 Å². The van der Waals surface area contributed by atoms with Crippen LogP contribution in [0.2, 0.25) is 0 Å². The van der Waals surface area contributed by atoms with Gasteiger partial charge in [0.15, 0.2) is 0 Å². The molecule has 5 nitrogen and oxygen atoms in total. The minimum atomic E-state index is -0.403. The third-order valence-corrected chi connectivity index (χ3v) is 3.32. The Morgan fingerprint density at radius 3 is 2.50 bits per heavy atom. The molecule has 0 amide bonds. The highest BCUT2D eigenvalue weighted by atomic mass is 16.5. The predicted molar refractivity (Wildman–Crippen MR) is 89.1 cm³/mol. The highest BCUT2D eigenvalue weighted by Crippen LogP contribution is 2.20. The van der Waals surface area contributed by atoms with Crippen LogP contribution in [0, 0.1) is 0 Å². The lowest BCUT2D eigenvalue weighted by molar-refractivity contribution is -0.142. The maximum Gasteiger partial charge on any atom is 0.315 e. The summed E-state index contributed by atoms with van der Waals surface area (Å²) in [5.41, 5.74) is 1.41. The van der Waals surface area contributed by atoms with Gasteiger partial charge in [-0.2, -0.15) is 0 Å². The van der Waals surface area contributed by atoms with Gasteiger partial charge in [-0.3, -0.25) is 9.59 Å². The molecule has 0 aliphatic heterocycles. The van der Waals surface area contributed by atoms with Crippen molar-refractivity contribution < 1.29 is 23.8 Å². The minimum Gasteiger partial charge on any atom is -0.497 e. The average molecular weight is 328 g/mol. The number of hydrogen-bond acceptors (Lipinski definition) is 5. The molecule has 0 heterocycles. The first-order valence-corrected chi connectivity index (χ1v) is 7.69. The fraction of sp³-hybridized carbons (Fsp3) is 0.263. The molecule has 0 aliphatic carbocycles. The number of benzene rings is 2. The molecular weight excluding hydrogens is 308 g/mol. The zero-order valence-corrected chi connectivity index (χ0v) is 13.8. The number of para-hydroxylation sites is 1. The van der Waals surface area contributed by atoms with E-state index in [4.69, 9.17) is 14.2 Å². The number of carbonyl (C=O) groups excluding carboxylic acids is 2. The Morgan fingerprint density at radius 1 is 0.958 bits per heavy atom. The van der Waals surface area contributed by atoms with Gasteiger partial charge in [-0.15, -0.1) is 0 Å². The Labute approximate surface area is 141 Å². The van der Waals surface area contributed by atoms with E-state index in [9.17, 15) is 9.59 Å². The molecule has 24 heavy (non-hydrogen) atoms. The van der Waals surface area contributed by atoms with Gasteiger partial charge in [0.25, 0.3) is 0 Å². The number of ether oxygens (including phenoxy) is 3. The largest absolute Gasteiger partial charge is 0.497 e. The van der Waals surface area contributed by atoms with Crippen LogP contribution >= 0.6 is 0 Å². The summed E-state index contributed by atoms with van der Waals surface area (Å²) in [5.74, 6) is 0.301. The summed E-state index contributed by atoms with van der Waals surface area (Å²) in [4.78, 5) is 23.8. The van der Waals surface area contributed by atoms with Crippen LogP contribution < -0.4 is 9.47 Å². The van der Waals surface area contributed by atoms with Crippen LogP contribution in [0.4, 0.5) is 0 Å². The van der Waals surface area contributed by atoms with Crippen molar-refractivity contribution in [1.82, 2.24) is 0 Å². The monoisotopic (exact) mass is 328 g/mol. The Balaban J connectivity index is 2.04. The molecule has 0 radical (unpaired) electrons. The Bertz CT molecular complexity index is 708. The highest BCUT2D eigenvalue weighted by molar-refractivity contribution is 5.77. The number of esters is 2. The molecule has 5 heteroatoms. The van der Waals surface area contributed by atoms with Crippen LogP contribution in [-0.4, -0.2) is 25.7 Å². The lowest BCUT2D eigenvalue weighted by Crippen LogP contribution is -2.14. The molecule has 2 rings (SSSR count). The molecule has 0 aliphatic rings. The lowest BCUT2D eigenvalue weighted by Gasteiger charge is -2.10. The molecule has 0 unspecified atom stereocenters. The Morgan fingerprint density at radius 2 is 1.75 bits per heavy atom. The number of carbonyl (C=O) groups is 2. The van der Waals surface area contributed by atoms with Gasteiger partial charge in [-0.25, -0.2) is 0 Å². The molecule has 0 N–H and O–H groups in total. The molecule has 0 aromatic heterocycles. The fourth-order valence-electron chi connectivity index (χ4n) is 2.22. The van der Waals surface area contributed by atoms with Crippen molar-refractivity contribution in [2.45, 2.75) is 19.8 Å². The molecule has 0 saturated carbocycles. The molecule has 0 atom stereocenters. The summed E-state index contributed by atoms with van der Waals surface area (Å²) in [7, 11) is 1.57. The summed E-state index contributed by atoms with van der Waals surface area (Å²) in [6.45, 7) is 2.06. The lowest BCUT2D eigenvalue weighted by atomic mass is 10.1. The van der Waals surface area contributed by atoms with Gasteiger partial charge >= 0.3 is 11.9 Å². The van der Waals surface area contributed by atoms with E-state index in [1.807, 2.05) is 18.2 Å². The summed E-state index contributed by atoms with van der Waals surface area (Å²) in [5, 5.41) is 0. The maximum atomic E-state index is 12.2. The van der Waals surface area contributed by atoms with Crippen molar-refractivity contribution in [1.29, 1.82) is 0 Å². The van der Waals surface area contributed by atoms with E-state index < -0.39 is 5.97 Å². The fourth-order valence-corrected chi connectivity index (χ4v) is 2.22. The Hall–Kier alpha value is -2.82. The van der Waals surface area contributed by atoms with Crippen molar-refractivity contribution in [3.63, 3.8) is 0 Å². The topological polar surface area (TPSA) is 61.8 Å². The Kier molecular flexibility index (Phi) is 6.37. The van der Waals surface area contributed by atoms with Crippen LogP contribution in [0.25, 0.3) is 0 Å². The van der Waals surface area contributed by atoms with Crippen LogP contribution in [0.3, 0.4) is 0 Å². The second-order valence-corrected chi connectivity index (χ2v) is 5.09. The number of hydrogen-bond donors (Lipinski definition) is 0. The van der Waals surface area contributed by atoms with E-state index in [2.05, 4.69) is 0 Å². The second kappa shape index (κ2) is 8.72. The van der Waals surface area contributed by atoms with E-state index in [-0.39, 0.29) is 18.8 Å². The molecule has 2 aromatic rings. The predicted octanol–water partition coefficient (Wildman–Crippen LogP) is 2.95. The third kappa shape index (κ3) is 5.12. The van der Waals surface area contributed by atoms with E-state index in [1.54, 1.807) is 44.4 Å². The highest BCUT2D eigenvalue weighted by Gasteiger charge is 2.13. The van der Waals surface area contributed by atoms with Gasteiger partial charge in [0.1, 0.15) is 11.5 Å². The summed E-state index contributed by atoms with van der Waals surface area (Å²) >= 11 is 0. The zero-order chi connectivity index (χ0) is 17.4. The normalized spacial score (nSPS) is 10.1. The van der Waals surface area contributed by atoms with Gasteiger partial charge < -0.3 is 14.2 Å². The van der Waals surface area contributed by atoms with E-state index in [0.717, 1.165) is 5.56 Å². The van der Waals surface area contributed by atoms with Crippen LogP contribution in [0.15, 0.2) is 48.5 Å². The third-order valence-electron chi connectivity index (χ3n) is 3.32. The molecule has 0 spiro atoms. The van der Waals surface area contributed by atoms with E-state index >= 15 is 0 Å².